The first kappa shape index (κ1) is 25.1. The number of carboxylic acids is 1. The topological polar surface area (TPSA) is 79.5 Å². The number of hydrogen-bond donors (Lipinski definition) is 1. The van der Waals surface area contributed by atoms with Gasteiger partial charge in [-0.1, -0.05) is 49.4 Å². The Bertz CT molecular complexity index is 1390. The third kappa shape index (κ3) is 5.57. The van der Waals surface area contributed by atoms with Crippen molar-refractivity contribution in [2.45, 2.75) is 45.4 Å². The van der Waals surface area contributed by atoms with Crippen LogP contribution in [0.2, 0.25) is 0 Å². The molecule has 0 aliphatic carbocycles. The molecule has 0 bridgehead atoms. The molecule has 0 unspecified atom stereocenters. The predicted octanol–water partition coefficient (Wildman–Crippen LogP) is 6.38. The van der Waals surface area contributed by atoms with E-state index in [1.54, 1.807) is 12.4 Å². The average Bonchev–Trinajstić information content (AvgIpc) is 3.30. The lowest BCUT2D eigenvalue weighted by atomic mass is 9.90. The van der Waals surface area contributed by atoms with Gasteiger partial charge in [-0.15, -0.1) is 0 Å². The average molecular weight is 502 g/mol. The lowest BCUT2D eigenvalue weighted by molar-refractivity contribution is -0.137. The minimum absolute atomic E-state index is 0.196. The Hall–Kier alpha value is -3.58. The number of rotatable bonds is 9. The Balaban J connectivity index is 1.53. The molecule has 3 heterocycles. The number of halogens is 1. The first-order chi connectivity index (χ1) is 18.0. The Morgan fingerprint density at radius 2 is 2.00 bits per heavy atom. The molecular weight excluding hydrogens is 469 g/mol. The largest absolute Gasteiger partial charge is 0.481 e. The monoisotopic (exact) mass is 501 g/mol. The van der Waals surface area contributed by atoms with Gasteiger partial charge in [0, 0.05) is 24.1 Å². The van der Waals surface area contributed by atoms with Crippen molar-refractivity contribution in [3.63, 3.8) is 0 Å². The van der Waals surface area contributed by atoms with Crippen LogP contribution >= 0.6 is 0 Å². The number of fused-ring (bicyclic) bond motifs is 1. The van der Waals surface area contributed by atoms with Crippen LogP contribution in [0.25, 0.3) is 33.6 Å². The molecule has 0 spiro atoms. The standard InChI is InChI=1S/C30H32FN3O3/c1-2-21-12-13-23(17-24(21)31)27-28-25(16-20-8-6-14-34(18-20)15-7-11-26(35)36)32-19-33-30(28)37-29(27)22-9-4-3-5-10-22/h3-5,9-10,12-13,17,19-20H,2,6-8,11,14-16,18H2,1H3,(H,35,36)/t20-/m0/s1. The summed E-state index contributed by atoms with van der Waals surface area (Å²) in [7, 11) is 0. The third-order valence-corrected chi connectivity index (χ3v) is 7.28. The van der Waals surface area contributed by atoms with Crippen molar-refractivity contribution >= 4 is 17.1 Å². The van der Waals surface area contributed by atoms with Crippen LogP contribution in [0.1, 0.15) is 43.9 Å². The summed E-state index contributed by atoms with van der Waals surface area (Å²) >= 11 is 0. The highest BCUT2D eigenvalue weighted by Gasteiger charge is 2.26. The maximum absolute atomic E-state index is 14.9. The molecule has 6 nitrogen and oxygen atoms in total. The van der Waals surface area contributed by atoms with E-state index >= 15 is 0 Å². The zero-order valence-corrected chi connectivity index (χ0v) is 21.1. The SMILES string of the molecule is CCc1ccc(-c2c(-c3ccccc3)oc3ncnc(C[C@@H]4CCCN(CCCC(=O)O)C4)c23)cc1F. The summed E-state index contributed by atoms with van der Waals surface area (Å²) < 4.78 is 21.3. The molecule has 1 N–H and O–H groups in total. The van der Waals surface area contributed by atoms with Crippen LogP contribution in [0.4, 0.5) is 4.39 Å². The molecule has 4 aromatic rings. The van der Waals surface area contributed by atoms with E-state index in [-0.39, 0.29) is 12.2 Å². The number of piperidine rings is 1. The Labute approximate surface area is 216 Å². The predicted molar refractivity (Wildman–Crippen MR) is 142 cm³/mol. The van der Waals surface area contributed by atoms with Gasteiger partial charge in [-0.25, -0.2) is 14.4 Å². The molecule has 1 saturated heterocycles. The lowest BCUT2D eigenvalue weighted by Crippen LogP contribution is -2.37. The van der Waals surface area contributed by atoms with E-state index in [0.717, 1.165) is 66.7 Å². The van der Waals surface area contributed by atoms with Crippen LogP contribution in [0.5, 0.6) is 0 Å². The van der Waals surface area contributed by atoms with Gasteiger partial charge in [-0.05, 0) is 68.3 Å². The van der Waals surface area contributed by atoms with Gasteiger partial charge >= 0.3 is 5.97 Å². The van der Waals surface area contributed by atoms with Crippen LogP contribution in [-0.2, 0) is 17.6 Å². The number of furan rings is 1. The Morgan fingerprint density at radius 1 is 1.16 bits per heavy atom. The van der Waals surface area contributed by atoms with Crippen molar-refractivity contribution in [3.05, 3.63) is 71.9 Å². The highest BCUT2D eigenvalue weighted by atomic mass is 19.1. The minimum atomic E-state index is -0.748. The van der Waals surface area contributed by atoms with Crippen LogP contribution < -0.4 is 0 Å². The molecule has 1 atom stereocenters. The number of likely N-dealkylation sites (tertiary alicyclic amines) is 1. The molecule has 1 fully saturated rings. The number of aromatic nitrogens is 2. The van der Waals surface area contributed by atoms with E-state index in [2.05, 4.69) is 9.88 Å². The molecule has 1 aliphatic rings. The summed E-state index contributed by atoms with van der Waals surface area (Å²) in [5.74, 6) is 0.0804. The van der Waals surface area contributed by atoms with E-state index < -0.39 is 5.97 Å². The second-order valence-corrected chi connectivity index (χ2v) is 9.84. The van der Waals surface area contributed by atoms with Gasteiger partial charge in [0.1, 0.15) is 17.9 Å². The highest BCUT2D eigenvalue weighted by Crippen LogP contribution is 2.42. The maximum atomic E-state index is 14.9. The van der Waals surface area contributed by atoms with Crippen molar-refractivity contribution in [1.82, 2.24) is 14.9 Å². The van der Waals surface area contributed by atoms with Gasteiger partial charge in [0.2, 0.25) is 5.71 Å². The normalized spacial score (nSPS) is 16.3. The van der Waals surface area contributed by atoms with E-state index in [4.69, 9.17) is 14.5 Å². The first-order valence-corrected chi connectivity index (χ1v) is 13.1. The van der Waals surface area contributed by atoms with E-state index in [0.29, 0.717) is 35.8 Å². The molecular formula is C30H32FN3O3. The third-order valence-electron chi connectivity index (χ3n) is 7.28. The van der Waals surface area contributed by atoms with Crippen molar-refractivity contribution in [1.29, 1.82) is 0 Å². The van der Waals surface area contributed by atoms with Gasteiger partial charge in [0.25, 0.3) is 0 Å². The minimum Gasteiger partial charge on any atom is -0.481 e. The molecule has 0 saturated carbocycles. The Morgan fingerprint density at radius 3 is 2.76 bits per heavy atom. The number of benzene rings is 2. The van der Waals surface area contributed by atoms with Crippen LogP contribution in [0.3, 0.4) is 0 Å². The molecule has 37 heavy (non-hydrogen) atoms. The second-order valence-electron chi connectivity index (χ2n) is 9.84. The van der Waals surface area contributed by atoms with Gasteiger partial charge in [-0.2, -0.15) is 0 Å². The molecule has 7 heteroatoms. The summed E-state index contributed by atoms with van der Waals surface area (Å²) in [6, 6.07) is 15.2. The number of aryl methyl sites for hydroxylation is 1. The Kier molecular flexibility index (Phi) is 7.60. The van der Waals surface area contributed by atoms with Gasteiger partial charge in [0.05, 0.1) is 11.1 Å². The lowest BCUT2D eigenvalue weighted by Gasteiger charge is -2.32. The molecule has 0 radical (unpaired) electrons. The van der Waals surface area contributed by atoms with Crippen molar-refractivity contribution in [3.8, 4) is 22.5 Å². The fraction of sp³-hybridized carbons (Fsp3) is 0.367. The number of carboxylic acid groups (broad SMARTS) is 1. The quantitative estimate of drug-likeness (QED) is 0.287. The summed E-state index contributed by atoms with van der Waals surface area (Å²) in [5.41, 5.74) is 4.58. The fourth-order valence-electron chi connectivity index (χ4n) is 5.45. The van der Waals surface area contributed by atoms with Crippen LogP contribution in [-0.4, -0.2) is 45.6 Å². The zero-order valence-electron chi connectivity index (χ0n) is 21.1. The van der Waals surface area contributed by atoms with Crippen LogP contribution in [0, 0.1) is 11.7 Å². The van der Waals surface area contributed by atoms with E-state index in [1.165, 1.54) is 0 Å². The summed E-state index contributed by atoms with van der Waals surface area (Å²) in [4.78, 5) is 22.4. The number of aliphatic carboxylic acids is 1. The van der Waals surface area contributed by atoms with Gasteiger partial charge < -0.3 is 14.4 Å². The number of nitrogens with zero attached hydrogens (tertiary/aromatic N) is 3. The van der Waals surface area contributed by atoms with Crippen molar-refractivity contribution < 1.29 is 18.7 Å². The maximum Gasteiger partial charge on any atom is 0.303 e. The number of hydrogen-bond acceptors (Lipinski definition) is 5. The molecule has 1 aliphatic heterocycles. The van der Waals surface area contributed by atoms with Crippen LogP contribution in [0.15, 0.2) is 59.3 Å². The molecule has 192 valence electrons. The molecule has 5 rings (SSSR count). The first-order valence-electron chi connectivity index (χ1n) is 13.1. The van der Waals surface area contributed by atoms with E-state index in [9.17, 15) is 9.18 Å². The van der Waals surface area contributed by atoms with E-state index in [1.807, 2.05) is 49.4 Å². The highest BCUT2D eigenvalue weighted by molar-refractivity contribution is 6.01. The zero-order chi connectivity index (χ0) is 25.8. The molecule has 2 aromatic heterocycles. The molecule has 2 aromatic carbocycles. The molecule has 0 amide bonds. The fourth-order valence-corrected chi connectivity index (χ4v) is 5.45. The summed E-state index contributed by atoms with van der Waals surface area (Å²) in [5, 5.41) is 9.82. The smallest absolute Gasteiger partial charge is 0.303 e. The van der Waals surface area contributed by atoms with Gasteiger partial charge in [0.15, 0.2) is 0 Å². The van der Waals surface area contributed by atoms with Crippen molar-refractivity contribution in [2.24, 2.45) is 5.92 Å². The van der Waals surface area contributed by atoms with Crippen molar-refractivity contribution in [2.75, 3.05) is 19.6 Å². The van der Waals surface area contributed by atoms with Gasteiger partial charge in [-0.3, -0.25) is 4.79 Å². The summed E-state index contributed by atoms with van der Waals surface area (Å²) in [6.45, 7) is 4.64. The number of carbonyl (C=O) groups is 1. The second kappa shape index (κ2) is 11.2. The summed E-state index contributed by atoms with van der Waals surface area (Å²) in [6.07, 6.45) is 5.94.